The van der Waals surface area contributed by atoms with Crippen LogP contribution in [0.15, 0.2) is 66.7 Å². The summed E-state index contributed by atoms with van der Waals surface area (Å²) < 4.78 is 19.6. The van der Waals surface area contributed by atoms with Crippen LogP contribution in [0.25, 0.3) is 0 Å². The van der Waals surface area contributed by atoms with Gasteiger partial charge in [-0.15, -0.1) is 11.8 Å². The van der Waals surface area contributed by atoms with E-state index in [-0.39, 0.29) is 39.4 Å². The molecule has 0 saturated carbocycles. The lowest BCUT2D eigenvalue weighted by molar-refractivity contribution is -0.384. The van der Waals surface area contributed by atoms with Crippen LogP contribution >= 0.6 is 23.4 Å². The molecule has 0 radical (unpaired) electrons. The van der Waals surface area contributed by atoms with Gasteiger partial charge in [0.2, 0.25) is 0 Å². The van der Waals surface area contributed by atoms with Crippen molar-refractivity contribution in [1.82, 2.24) is 10.4 Å². The molecule has 3 aromatic rings. The Morgan fingerprint density at radius 3 is 2.58 bits per heavy atom. The number of halogens is 2. The first-order valence-corrected chi connectivity index (χ1v) is 11.0. The van der Waals surface area contributed by atoms with Crippen molar-refractivity contribution in [3.63, 3.8) is 0 Å². The molecular weight excluding hydrogens is 473 g/mol. The fourth-order valence-electron chi connectivity index (χ4n) is 3.14. The monoisotopic (exact) mass is 487 g/mol. The van der Waals surface area contributed by atoms with Crippen molar-refractivity contribution in [2.45, 2.75) is 5.37 Å². The van der Waals surface area contributed by atoms with Gasteiger partial charge in [-0.3, -0.25) is 25.1 Å². The molecule has 2 amide bonds. The number of carbonyl (C=O) groups excluding carboxylic acids is 2. The molecule has 1 aliphatic heterocycles. The zero-order valence-corrected chi connectivity index (χ0v) is 18.3. The number of carbonyl (C=O) groups is 2. The van der Waals surface area contributed by atoms with Crippen LogP contribution in [0, 0.1) is 15.9 Å². The van der Waals surface area contributed by atoms with E-state index in [1.165, 1.54) is 72.4 Å². The summed E-state index contributed by atoms with van der Waals surface area (Å²) in [5.41, 5.74) is 3.12. The zero-order chi connectivity index (χ0) is 23.5. The van der Waals surface area contributed by atoms with Crippen LogP contribution in [0.3, 0.4) is 0 Å². The van der Waals surface area contributed by atoms with Crippen molar-refractivity contribution < 1.29 is 23.6 Å². The first-order chi connectivity index (χ1) is 15.8. The summed E-state index contributed by atoms with van der Waals surface area (Å²) in [6.45, 7) is 0. The van der Waals surface area contributed by atoms with Gasteiger partial charge < -0.3 is 4.74 Å². The number of thioether (sulfide) groups is 1. The molecule has 1 fully saturated rings. The van der Waals surface area contributed by atoms with Gasteiger partial charge in [-0.1, -0.05) is 23.7 Å². The van der Waals surface area contributed by atoms with Gasteiger partial charge in [0.25, 0.3) is 17.5 Å². The molecule has 1 unspecified atom stereocenters. The number of ether oxygens (including phenoxy) is 1. The molecule has 0 bridgehead atoms. The number of nitrogens with zero attached hydrogens (tertiary/aromatic N) is 2. The van der Waals surface area contributed by atoms with E-state index in [1.807, 2.05) is 0 Å². The molecule has 8 nitrogen and oxygen atoms in total. The predicted octanol–water partition coefficient (Wildman–Crippen LogP) is 5.10. The minimum atomic E-state index is -0.666. The van der Waals surface area contributed by atoms with Gasteiger partial charge in [0.1, 0.15) is 11.1 Å². The number of hydrazine groups is 1. The summed E-state index contributed by atoms with van der Waals surface area (Å²) in [6, 6.07) is 15.7. The summed E-state index contributed by atoms with van der Waals surface area (Å²) in [5.74, 6) is -1.60. The molecule has 1 aliphatic rings. The third-order valence-corrected chi connectivity index (χ3v) is 6.17. The van der Waals surface area contributed by atoms with E-state index in [1.54, 1.807) is 6.07 Å². The van der Waals surface area contributed by atoms with Crippen molar-refractivity contribution in [1.29, 1.82) is 0 Å². The van der Waals surface area contributed by atoms with Crippen LogP contribution in [-0.4, -0.2) is 27.5 Å². The number of nitro groups is 1. The van der Waals surface area contributed by atoms with E-state index in [9.17, 15) is 24.1 Å². The van der Waals surface area contributed by atoms with Crippen LogP contribution in [-0.2, 0) is 4.79 Å². The fourth-order valence-corrected chi connectivity index (χ4v) is 4.41. The molecule has 0 spiro atoms. The van der Waals surface area contributed by atoms with E-state index >= 15 is 0 Å². The highest BCUT2D eigenvalue weighted by Crippen LogP contribution is 2.38. The molecule has 1 N–H and O–H groups in total. The van der Waals surface area contributed by atoms with E-state index < -0.39 is 22.0 Å². The number of nitrogens with one attached hydrogen (secondary N) is 1. The zero-order valence-electron chi connectivity index (χ0n) is 16.7. The minimum absolute atomic E-state index is 0.0104. The smallest absolute Gasteiger partial charge is 0.273 e. The Bertz CT molecular complexity index is 1240. The number of rotatable bonds is 6. The van der Waals surface area contributed by atoms with Crippen LogP contribution in [0.2, 0.25) is 5.02 Å². The molecule has 1 atom stereocenters. The van der Waals surface area contributed by atoms with E-state index in [0.717, 1.165) is 5.01 Å². The average Bonchev–Trinajstić information content (AvgIpc) is 3.15. The largest absolute Gasteiger partial charge is 0.453 e. The summed E-state index contributed by atoms with van der Waals surface area (Å²) in [7, 11) is 0. The lowest BCUT2D eigenvalue weighted by atomic mass is 10.2. The van der Waals surface area contributed by atoms with Crippen molar-refractivity contribution >= 4 is 40.9 Å². The summed E-state index contributed by atoms with van der Waals surface area (Å²) in [6.07, 6.45) is 0. The molecule has 3 aromatic carbocycles. The maximum atomic E-state index is 14.0. The van der Waals surface area contributed by atoms with E-state index in [0.29, 0.717) is 5.56 Å². The topological polar surface area (TPSA) is 102 Å². The fraction of sp³-hybridized carbons (Fsp3) is 0.0909. The van der Waals surface area contributed by atoms with E-state index in [4.69, 9.17) is 16.3 Å². The number of hydrogen-bond donors (Lipinski definition) is 1. The Kier molecular flexibility index (Phi) is 6.47. The maximum Gasteiger partial charge on any atom is 0.273 e. The Morgan fingerprint density at radius 1 is 1.15 bits per heavy atom. The second kappa shape index (κ2) is 9.47. The number of benzene rings is 3. The highest BCUT2D eigenvalue weighted by molar-refractivity contribution is 8.00. The summed E-state index contributed by atoms with van der Waals surface area (Å²) >= 11 is 7.30. The van der Waals surface area contributed by atoms with Crippen LogP contribution in [0.4, 0.5) is 10.1 Å². The third-order valence-electron chi connectivity index (χ3n) is 4.72. The SMILES string of the molecule is O=C(NN1C(=O)CSC1c1ccc([N+](=O)[O-])cc1)c1ccc(Cl)cc1Oc1ccccc1F. The van der Waals surface area contributed by atoms with Crippen LogP contribution in [0.1, 0.15) is 21.3 Å². The highest BCUT2D eigenvalue weighted by Gasteiger charge is 2.35. The molecule has 1 saturated heterocycles. The Balaban J connectivity index is 1.58. The van der Waals surface area contributed by atoms with Gasteiger partial charge in [-0.25, -0.2) is 9.40 Å². The average molecular weight is 488 g/mol. The van der Waals surface area contributed by atoms with Gasteiger partial charge in [-0.05, 0) is 42.0 Å². The molecule has 1 heterocycles. The summed E-state index contributed by atoms with van der Waals surface area (Å²) in [5, 5.41) is 11.8. The molecular formula is C22H15ClFN3O5S. The van der Waals surface area contributed by atoms with Gasteiger partial charge >= 0.3 is 0 Å². The summed E-state index contributed by atoms with van der Waals surface area (Å²) in [4.78, 5) is 35.9. The Hall–Kier alpha value is -3.63. The second-order valence-corrected chi connectivity index (χ2v) is 8.39. The van der Waals surface area contributed by atoms with Gasteiger partial charge in [-0.2, -0.15) is 0 Å². The van der Waals surface area contributed by atoms with Crippen molar-refractivity contribution in [2.24, 2.45) is 0 Å². The highest BCUT2D eigenvalue weighted by atomic mass is 35.5. The van der Waals surface area contributed by atoms with Gasteiger partial charge in [0.05, 0.1) is 16.2 Å². The maximum absolute atomic E-state index is 14.0. The second-order valence-electron chi connectivity index (χ2n) is 6.89. The van der Waals surface area contributed by atoms with Crippen LogP contribution < -0.4 is 10.2 Å². The Labute approximate surface area is 196 Å². The number of non-ortho nitro benzene ring substituents is 1. The number of para-hydroxylation sites is 1. The third kappa shape index (κ3) is 4.91. The lowest BCUT2D eigenvalue weighted by Gasteiger charge is -2.25. The van der Waals surface area contributed by atoms with E-state index in [2.05, 4.69) is 5.43 Å². The minimum Gasteiger partial charge on any atom is -0.453 e. The Morgan fingerprint density at radius 2 is 1.88 bits per heavy atom. The standard InChI is InChI=1S/C22H15ClFN3O5S/c23-14-7-10-16(19(11-14)32-18-4-2-1-3-17(18)24)21(29)25-26-20(28)12-33-22(26)13-5-8-15(9-6-13)27(30)31/h1-11,22H,12H2,(H,25,29). The first-order valence-electron chi connectivity index (χ1n) is 9.54. The number of hydrogen-bond acceptors (Lipinski definition) is 6. The number of amides is 2. The predicted molar refractivity (Wildman–Crippen MR) is 121 cm³/mol. The van der Waals surface area contributed by atoms with Crippen molar-refractivity contribution in [2.75, 3.05) is 5.75 Å². The van der Waals surface area contributed by atoms with Crippen molar-refractivity contribution in [3.05, 3.63) is 98.8 Å². The van der Waals surface area contributed by atoms with Crippen LogP contribution in [0.5, 0.6) is 11.5 Å². The lowest BCUT2D eigenvalue weighted by Crippen LogP contribution is -2.44. The molecule has 11 heteroatoms. The van der Waals surface area contributed by atoms with Crippen molar-refractivity contribution in [3.8, 4) is 11.5 Å². The quantitative estimate of drug-likeness (QED) is 0.383. The molecule has 168 valence electrons. The normalized spacial score (nSPS) is 15.4. The number of nitro benzene ring substituents is 1. The van der Waals surface area contributed by atoms with Gasteiger partial charge in [0, 0.05) is 23.2 Å². The molecule has 33 heavy (non-hydrogen) atoms. The molecule has 4 rings (SSSR count). The van der Waals surface area contributed by atoms with Gasteiger partial charge in [0.15, 0.2) is 11.6 Å². The first kappa shape index (κ1) is 22.6. The molecule has 0 aliphatic carbocycles. The molecule has 0 aromatic heterocycles.